The molecule has 0 aliphatic heterocycles. The van der Waals surface area contributed by atoms with Crippen LogP contribution >= 0.6 is 23.2 Å². The van der Waals surface area contributed by atoms with Crippen LogP contribution in [0, 0.1) is 5.92 Å². The molecule has 0 spiro atoms. The van der Waals surface area contributed by atoms with Gasteiger partial charge in [-0.2, -0.15) is 0 Å². The third kappa shape index (κ3) is 3.85. The number of rotatable bonds is 4. The molecule has 1 saturated carbocycles. The van der Waals surface area contributed by atoms with Crippen LogP contribution in [0.2, 0.25) is 10.0 Å². The van der Waals surface area contributed by atoms with Gasteiger partial charge >= 0.3 is 0 Å². The molecule has 1 aromatic carbocycles. The first kappa shape index (κ1) is 15.1. The summed E-state index contributed by atoms with van der Waals surface area (Å²) >= 11 is 12.1. The summed E-state index contributed by atoms with van der Waals surface area (Å²) in [5, 5.41) is 21.4. The Balaban J connectivity index is 1.99. The number of halogens is 2. The van der Waals surface area contributed by atoms with E-state index in [1.54, 1.807) is 6.07 Å². The highest BCUT2D eigenvalue weighted by Gasteiger charge is 2.28. The fraction of sp³-hybridized carbons (Fsp3) is 0.600. The third-order valence-electron chi connectivity index (χ3n) is 3.99. The average Bonchev–Trinajstić information content (AvgIpc) is 2.44. The largest absolute Gasteiger partial charge is 0.390 e. The summed E-state index contributed by atoms with van der Waals surface area (Å²) in [6, 6.07) is 5.37. The van der Waals surface area contributed by atoms with E-state index in [-0.39, 0.29) is 5.92 Å². The number of aliphatic hydroxyl groups is 2. The van der Waals surface area contributed by atoms with Crippen LogP contribution in [0.4, 0.5) is 0 Å². The van der Waals surface area contributed by atoms with Crippen molar-refractivity contribution < 1.29 is 10.2 Å². The number of aliphatic hydroxyl groups excluding tert-OH is 2. The van der Waals surface area contributed by atoms with Crippen molar-refractivity contribution in [3.05, 3.63) is 33.8 Å². The number of hydrogen-bond acceptors (Lipinski definition) is 2. The van der Waals surface area contributed by atoms with Crippen molar-refractivity contribution in [3.8, 4) is 0 Å². The lowest BCUT2D eigenvalue weighted by atomic mass is 9.82. The van der Waals surface area contributed by atoms with Gasteiger partial charge in [-0.15, -0.1) is 0 Å². The van der Waals surface area contributed by atoms with Gasteiger partial charge in [0.05, 0.1) is 22.3 Å². The van der Waals surface area contributed by atoms with Crippen molar-refractivity contribution in [3.63, 3.8) is 0 Å². The van der Waals surface area contributed by atoms with E-state index in [1.165, 1.54) is 6.42 Å². The molecule has 0 saturated heterocycles. The molecule has 2 nitrogen and oxygen atoms in total. The van der Waals surface area contributed by atoms with Gasteiger partial charge in [-0.1, -0.05) is 54.6 Å². The smallest absolute Gasteiger partial charge is 0.0842 e. The van der Waals surface area contributed by atoms with Crippen LogP contribution in [0.25, 0.3) is 0 Å². The van der Waals surface area contributed by atoms with E-state index >= 15 is 0 Å². The van der Waals surface area contributed by atoms with Gasteiger partial charge in [-0.25, -0.2) is 0 Å². The Hall–Kier alpha value is -0.280. The molecule has 4 heteroatoms. The highest BCUT2D eigenvalue weighted by atomic mass is 35.5. The predicted octanol–water partition coefficient (Wildman–Crippen LogP) is 3.84. The second kappa shape index (κ2) is 6.94. The maximum absolute atomic E-state index is 10.2. The van der Waals surface area contributed by atoms with Crippen molar-refractivity contribution in [2.45, 2.75) is 50.7 Å². The van der Waals surface area contributed by atoms with Crippen molar-refractivity contribution in [1.82, 2.24) is 0 Å². The highest BCUT2D eigenvalue weighted by molar-refractivity contribution is 6.42. The third-order valence-corrected chi connectivity index (χ3v) is 4.85. The van der Waals surface area contributed by atoms with Crippen LogP contribution in [-0.2, 0) is 6.42 Å². The molecule has 2 rings (SSSR count). The van der Waals surface area contributed by atoms with Crippen LogP contribution in [0.1, 0.15) is 37.7 Å². The van der Waals surface area contributed by atoms with E-state index < -0.39 is 12.2 Å². The fourth-order valence-electron chi connectivity index (χ4n) is 2.84. The van der Waals surface area contributed by atoms with Crippen molar-refractivity contribution >= 4 is 23.2 Å². The number of hydrogen-bond donors (Lipinski definition) is 2. The van der Waals surface area contributed by atoms with Gasteiger partial charge in [0.25, 0.3) is 0 Å². The molecule has 0 amide bonds. The molecular formula is C15H20Cl2O2. The molecule has 0 heterocycles. The van der Waals surface area contributed by atoms with Crippen molar-refractivity contribution in [2.75, 3.05) is 0 Å². The molecule has 2 N–H and O–H groups in total. The van der Waals surface area contributed by atoms with Gasteiger partial charge in [-0.3, -0.25) is 0 Å². The van der Waals surface area contributed by atoms with Gasteiger partial charge in [-0.05, 0) is 30.4 Å². The summed E-state index contributed by atoms with van der Waals surface area (Å²) in [5.74, 6) is 0.210. The Labute approximate surface area is 124 Å². The Morgan fingerprint density at radius 1 is 1.11 bits per heavy atom. The zero-order valence-electron chi connectivity index (χ0n) is 10.9. The first-order valence-electron chi connectivity index (χ1n) is 6.88. The molecule has 19 heavy (non-hydrogen) atoms. The predicted molar refractivity (Wildman–Crippen MR) is 78.8 cm³/mol. The second-order valence-electron chi connectivity index (χ2n) is 5.37. The maximum Gasteiger partial charge on any atom is 0.0842 e. The minimum Gasteiger partial charge on any atom is -0.390 e. The molecule has 2 unspecified atom stereocenters. The van der Waals surface area contributed by atoms with Crippen molar-refractivity contribution in [2.24, 2.45) is 5.92 Å². The Morgan fingerprint density at radius 2 is 1.79 bits per heavy atom. The lowest BCUT2D eigenvalue weighted by Gasteiger charge is -2.30. The van der Waals surface area contributed by atoms with Gasteiger partial charge in [0.2, 0.25) is 0 Å². The van der Waals surface area contributed by atoms with Crippen LogP contribution in [0.15, 0.2) is 18.2 Å². The van der Waals surface area contributed by atoms with Gasteiger partial charge in [0.1, 0.15) is 0 Å². The first-order chi connectivity index (χ1) is 9.09. The van der Waals surface area contributed by atoms with E-state index in [9.17, 15) is 10.2 Å². The monoisotopic (exact) mass is 302 g/mol. The minimum absolute atomic E-state index is 0.210. The van der Waals surface area contributed by atoms with Gasteiger partial charge in [0.15, 0.2) is 0 Å². The summed E-state index contributed by atoms with van der Waals surface area (Å²) < 4.78 is 0. The second-order valence-corrected chi connectivity index (χ2v) is 6.16. The van der Waals surface area contributed by atoms with Crippen LogP contribution in [-0.4, -0.2) is 22.4 Å². The Kier molecular flexibility index (Phi) is 5.52. The van der Waals surface area contributed by atoms with Crippen LogP contribution in [0.5, 0.6) is 0 Å². The zero-order chi connectivity index (χ0) is 13.8. The zero-order valence-corrected chi connectivity index (χ0v) is 12.4. The molecule has 0 bridgehead atoms. The lowest BCUT2D eigenvalue weighted by molar-refractivity contribution is -0.0263. The van der Waals surface area contributed by atoms with Gasteiger partial charge in [0, 0.05) is 6.42 Å². The molecule has 1 aromatic rings. The van der Waals surface area contributed by atoms with E-state index in [2.05, 4.69) is 0 Å². The molecule has 1 aliphatic carbocycles. The van der Waals surface area contributed by atoms with E-state index in [4.69, 9.17) is 23.2 Å². The van der Waals surface area contributed by atoms with E-state index in [1.807, 2.05) is 12.1 Å². The molecule has 2 atom stereocenters. The molecule has 0 radical (unpaired) electrons. The first-order valence-corrected chi connectivity index (χ1v) is 7.64. The molecule has 0 aromatic heterocycles. The summed E-state index contributed by atoms with van der Waals surface area (Å²) in [7, 11) is 0. The Morgan fingerprint density at radius 3 is 2.47 bits per heavy atom. The summed E-state index contributed by atoms with van der Waals surface area (Å²) in [5.41, 5.74) is 0.788. The molecule has 106 valence electrons. The van der Waals surface area contributed by atoms with E-state index in [0.717, 1.165) is 31.2 Å². The van der Waals surface area contributed by atoms with Crippen LogP contribution < -0.4 is 0 Å². The Bertz CT molecular complexity index is 417. The molecular weight excluding hydrogens is 283 g/mol. The fourth-order valence-corrected chi connectivity index (χ4v) is 3.24. The summed E-state index contributed by atoms with van der Waals surface area (Å²) in [6.45, 7) is 0. The molecule has 1 fully saturated rings. The minimum atomic E-state index is -0.779. The van der Waals surface area contributed by atoms with Gasteiger partial charge < -0.3 is 10.2 Å². The lowest BCUT2D eigenvalue weighted by Crippen LogP contribution is -2.36. The van der Waals surface area contributed by atoms with Crippen LogP contribution in [0.3, 0.4) is 0 Å². The molecule has 1 aliphatic rings. The quantitative estimate of drug-likeness (QED) is 0.887. The standard InChI is InChI=1S/C15H20Cl2O2/c16-12-8-4-7-11(14(12)17)9-13(18)15(19)10-5-2-1-3-6-10/h4,7-8,10,13,15,18-19H,1-3,5-6,9H2. The summed E-state index contributed by atoms with van der Waals surface area (Å²) in [4.78, 5) is 0. The SMILES string of the molecule is OC(Cc1cccc(Cl)c1Cl)C(O)C1CCCCC1. The number of benzene rings is 1. The van der Waals surface area contributed by atoms with Crippen molar-refractivity contribution in [1.29, 1.82) is 0 Å². The topological polar surface area (TPSA) is 40.5 Å². The highest BCUT2D eigenvalue weighted by Crippen LogP contribution is 2.30. The average molecular weight is 303 g/mol. The normalized spacial score (nSPS) is 20.2. The maximum atomic E-state index is 10.2. The van der Waals surface area contributed by atoms with E-state index in [0.29, 0.717) is 16.5 Å². The summed E-state index contributed by atoms with van der Waals surface area (Å²) in [6.07, 6.45) is 4.42.